The van der Waals surface area contributed by atoms with Gasteiger partial charge in [0.1, 0.15) is 34.2 Å². The fraction of sp³-hybridized carbons (Fsp3) is 0.455. The first kappa shape index (κ1) is 43.4. The van der Waals surface area contributed by atoms with Crippen LogP contribution in [0.2, 0.25) is 0 Å². The number of amides is 1. The number of rotatable bonds is 2. The maximum absolute atomic E-state index is 16.0. The lowest BCUT2D eigenvalue weighted by Gasteiger charge is -2.36. The molecule has 3 heterocycles. The number of anilines is 1. The first-order valence-electron chi connectivity index (χ1n) is 19.5. The molecule has 0 saturated heterocycles. The van der Waals surface area contributed by atoms with Crippen LogP contribution in [-0.2, 0) is 14.3 Å². The summed E-state index contributed by atoms with van der Waals surface area (Å²) in [7, 11) is 1.41. The second-order valence-corrected chi connectivity index (χ2v) is 16.2. The predicted octanol–water partition coefficient (Wildman–Crippen LogP) is 6.78. The van der Waals surface area contributed by atoms with E-state index in [-0.39, 0.29) is 44.6 Å². The smallest absolute Gasteiger partial charge is 0.312 e. The van der Waals surface area contributed by atoms with Gasteiger partial charge in [-0.2, -0.15) is 0 Å². The largest absolute Gasteiger partial charge is 0.507 e. The number of nitrogens with zero attached hydrogens (tertiary/aromatic N) is 1. The van der Waals surface area contributed by atoms with Gasteiger partial charge in [0.25, 0.3) is 11.7 Å². The Morgan fingerprint density at radius 3 is 2.24 bits per heavy atom. The summed E-state index contributed by atoms with van der Waals surface area (Å²) in [6.07, 6.45) is 3.00. The van der Waals surface area contributed by atoms with Crippen molar-refractivity contribution in [2.45, 2.75) is 98.4 Å². The van der Waals surface area contributed by atoms with E-state index in [2.05, 4.69) is 10.3 Å². The number of carbonyl (C=O) groups is 2. The molecule has 2 aromatic carbocycles. The Balaban J connectivity index is 1.64. The van der Waals surface area contributed by atoms with Crippen LogP contribution in [0.25, 0.3) is 33.3 Å². The summed E-state index contributed by atoms with van der Waals surface area (Å²) >= 11 is 0. The van der Waals surface area contributed by atoms with Gasteiger partial charge in [-0.1, -0.05) is 59.8 Å². The van der Waals surface area contributed by atoms with Gasteiger partial charge in [0.2, 0.25) is 5.43 Å². The molecule has 5 N–H and O–H groups in total. The van der Waals surface area contributed by atoms with E-state index in [1.165, 1.54) is 46.1 Å². The van der Waals surface area contributed by atoms with Gasteiger partial charge < -0.3 is 44.4 Å². The highest BCUT2D eigenvalue weighted by Crippen LogP contribution is 2.50. The number of hydrogen-bond acceptors (Lipinski definition) is 12. The number of aromatic nitrogens is 1. The predicted molar refractivity (Wildman–Crippen MR) is 215 cm³/mol. The molecule has 0 fully saturated rings. The SMILES string of the molecule is CO[C@H]1/C=C/O[C@@]2(C)Oc3c(C)c(O)c4c(=O)c(c5oc6c(F)c(C(C)C)c(F)cc6nc-5c4c3C2=O)NC(=O)/C(C)=C\C=C\[C@H](C)[C@H](O)[C@@H](C)[C@@H](O)[C@@H](C)[C@H](O)[C@@H]1C. The van der Waals surface area contributed by atoms with Crippen molar-refractivity contribution in [1.82, 2.24) is 4.98 Å². The van der Waals surface area contributed by atoms with Gasteiger partial charge in [0.05, 0.1) is 41.6 Å². The molecule has 6 rings (SSSR count). The first-order valence-corrected chi connectivity index (χ1v) is 19.5. The maximum atomic E-state index is 16.0. The quantitative estimate of drug-likeness (QED) is 0.105. The third kappa shape index (κ3) is 7.27. The molecule has 15 heteroatoms. The minimum atomic E-state index is -2.11. The van der Waals surface area contributed by atoms with E-state index in [0.717, 1.165) is 12.3 Å². The number of phenolic OH excluding ortho intramolecular Hbond substituents is 1. The number of aliphatic hydroxyl groups excluding tert-OH is 3. The molecule has 4 aliphatic rings. The van der Waals surface area contributed by atoms with Crippen LogP contribution in [0.4, 0.5) is 14.5 Å². The zero-order valence-electron chi connectivity index (χ0n) is 34.5. The number of methoxy groups -OCH3 is 1. The van der Waals surface area contributed by atoms with Crippen molar-refractivity contribution in [3.8, 4) is 23.0 Å². The fourth-order valence-electron chi connectivity index (χ4n) is 8.03. The van der Waals surface area contributed by atoms with Gasteiger partial charge in [-0.25, -0.2) is 13.8 Å². The minimum Gasteiger partial charge on any atom is -0.507 e. The number of ketones is 1. The summed E-state index contributed by atoms with van der Waals surface area (Å²) in [5.41, 5.74) is -3.20. The maximum Gasteiger partial charge on any atom is 0.312 e. The minimum absolute atomic E-state index is 0.0291. The lowest BCUT2D eigenvalue weighted by molar-refractivity contribution is -0.112. The lowest BCUT2D eigenvalue weighted by Crippen LogP contribution is -2.44. The summed E-state index contributed by atoms with van der Waals surface area (Å²) in [5, 5.41) is 47.3. The highest BCUT2D eigenvalue weighted by atomic mass is 19.1. The van der Waals surface area contributed by atoms with Crippen LogP contribution in [-0.4, -0.2) is 74.4 Å². The molecule has 0 unspecified atom stereocenters. The van der Waals surface area contributed by atoms with E-state index in [9.17, 15) is 34.8 Å². The summed E-state index contributed by atoms with van der Waals surface area (Å²) in [4.78, 5) is 47.3. The molecular formula is C44H50F2N2O11. The van der Waals surface area contributed by atoms with Crippen LogP contribution < -0.4 is 15.5 Å². The van der Waals surface area contributed by atoms with E-state index < -0.39 is 117 Å². The monoisotopic (exact) mass is 820 g/mol. The molecule has 0 spiro atoms. The Labute approximate surface area is 339 Å². The molecule has 0 aromatic heterocycles. The molecule has 59 heavy (non-hydrogen) atoms. The van der Waals surface area contributed by atoms with Gasteiger partial charge in [-0.15, -0.1) is 0 Å². The number of nitrogens with one attached hydrogen (secondary N) is 1. The number of allylic oxidation sites excluding steroid dienone is 2. The highest BCUT2D eigenvalue weighted by Gasteiger charge is 2.50. The normalized spacial score (nSPS) is 30.4. The molecule has 316 valence electrons. The number of carbonyl (C=O) groups excluding carboxylic acids is 2. The zero-order valence-corrected chi connectivity index (χ0v) is 34.5. The van der Waals surface area contributed by atoms with Crippen molar-refractivity contribution in [2.24, 2.45) is 23.7 Å². The summed E-state index contributed by atoms with van der Waals surface area (Å²) in [6.45, 7) is 14.0. The van der Waals surface area contributed by atoms with E-state index in [1.54, 1.807) is 47.6 Å². The molecule has 2 aromatic rings. The molecule has 0 radical (unpaired) electrons. The van der Waals surface area contributed by atoms with Crippen LogP contribution in [0.15, 0.2) is 51.4 Å². The number of hydrogen-bond donors (Lipinski definition) is 5. The van der Waals surface area contributed by atoms with E-state index in [0.29, 0.717) is 0 Å². The number of aromatic hydroxyl groups is 1. The molecule has 0 saturated carbocycles. The molecule has 1 aliphatic carbocycles. The number of aliphatic hydroxyl groups is 3. The summed E-state index contributed by atoms with van der Waals surface area (Å²) < 4.78 is 55.2. The molecule has 1 amide bonds. The topological polar surface area (TPSA) is 198 Å². The van der Waals surface area contributed by atoms with Crippen LogP contribution in [0.3, 0.4) is 0 Å². The highest BCUT2D eigenvalue weighted by molar-refractivity contribution is 6.22. The van der Waals surface area contributed by atoms with Crippen molar-refractivity contribution < 1.29 is 57.4 Å². The number of ether oxygens (including phenoxy) is 3. The van der Waals surface area contributed by atoms with Gasteiger partial charge in [0.15, 0.2) is 17.2 Å². The number of Topliss-reactive ketones (excluding diaryl/α,β-unsaturated/α-hetero) is 1. The van der Waals surface area contributed by atoms with Crippen LogP contribution in [0.1, 0.15) is 82.8 Å². The average Bonchev–Trinajstić information content (AvgIpc) is 3.45. The van der Waals surface area contributed by atoms with Crippen molar-refractivity contribution in [3.63, 3.8) is 0 Å². The van der Waals surface area contributed by atoms with E-state index >= 15 is 8.78 Å². The van der Waals surface area contributed by atoms with Gasteiger partial charge in [-0.3, -0.25) is 14.4 Å². The van der Waals surface area contributed by atoms with Gasteiger partial charge in [0, 0.05) is 65.9 Å². The average molecular weight is 821 g/mol. The third-order valence-electron chi connectivity index (χ3n) is 11.9. The molecular weight excluding hydrogens is 770 g/mol. The van der Waals surface area contributed by atoms with Gasteiger partial charge in [-0.05, 0) is 25.8 Å². The number of fused-ring (bicyclic) bond motifs is 2. The summed E-state index contributed by atoms with van der Waals surface area (Å²) in [6, 6.07) is 0.957. The van der Waals surface area contributed by atoms with E-state index in [1.807, 2.05) is 0 Å². The van der Waals surface area contributed by atoms with E-state index in [4.69, 9.17) is 18.6 Å². The number of benzene rings is 3. The Morgan fingerprint density at radius 2 is 1.59 bits per heavy atom. The Kier molecular flexibility index (Phi) is 11.8. The number of phenols is 1. The lowest BCUT2D eigenvalue weighted by atomic mass is 9.78. The second kappa shape index (κ2) is 16.1. The zero-order chi connectivity index (χ0) is 43.6. The fourth-order valence-corrected chi connectivity index (χ4v) is 8.03. The molecule has 4 bridgehead atoms. The molecule has 9 atom stereocenters. The van der Waals surface area contributed by atoms with Crippen molar-refractivity contribution in [3.05, 3.63) is 80.8 Å². The van der Waals surface area contributed by atoms with Crippen LogP contribution in [0, 0.1) is 42.2 Å². The Bertz CT molecular complexity index is 2480. The molecule has 13 nitrogen and oxygen atoms in total. The van der Waals surface area contributed by atoms with Crippen LogP contribution in [0.5, 0.6) is 11.5 Å². The molecule has 3 aliphatic heterocycles. The second-order valence-electron chi connectivity index (χ2n) is 16.2. The Hall–Kier alpha value is -5.22. The third-order valence-corrected chi connectivity index (χ3v) is 11.9. The summed E-state index contributed by atoms with van der Waals surface area (Å²) in [5.74, 6) is -10.2. The first-order chi connectivity index (χ1) is 27.7. The standard InChI is InChI=1S/C44H50F2N2O11/c1-17(2)27-24(45)16-25-40(31(27)46)58-41-32(47-25)28-29-37(52)23(8)39-30(28)42(54)44(9,59-39)57-15-14-26(56-10)20(5)35(50)22(7)36(51)21(6)34(49)18(3)12-11-13-19(4)43(55)48-33(41)38(29)53/h11-18,20-22,26,34-36,49-52H,1-10H3,(H,48,55)/b12-11+,15-14+,19-13-/t18-,20+,21+,22-,26-,34-,35+,36+,44-/m0/s1. The number of halogens is 2. The van der Waals surface area contributed by atoms with Crippen molar-refractivity contribution >= 4 is 39.2 Å². The van der Waals surface area contributed by atoms with Gasteiger partial charge >= 0.3 is 5.79 Å². The van der Waals surface area contributed by atoms with Crippen molar-refractivity contribution in [1.29, 1.82) is 0 Å². The Morgan fingerprint density at radius 1 is 0.949 bits per heavy atom. The van der Waals surface area contributed by atoms with Crippen molar-refractivity contribution in [2.75, 3.05) is 12.4 Å². The van der Waals surface area contributed by atoms with Crippen LogP contribution >= 0.6 is 0 Å².